The van der Waals surface area contributed by atoms with Crippen molar-refractivity contribution >= 4 is 35.0 Å². The van der Waals surface area contributed by atoms with Crippen LogP contribution in [0, 0.1) is 17.0 Å². The SMILES string of the molecule is Cc1nsc(Sc2nc(C(=O)O)ccc2[N+](=O)[O-])n1. The second-order valence-electron chi connectivity index (χ2n) is 3.29. The van der Waals surface area contributed by atoms with Gasteiger partial charge in [0.05, 0.1) is 4.92 Å². The molecule has 1 N–H and O–H groups in total. The van der Waals surface area contributed by atoms with Crippen molar-refractivity contribution in [3.63, 3.8) is 0 Å². The summed E-state index contributed by atoms with van der Waals surface area (Å²) in [4.78, 5) is 28.9. The van der Waals surface area contributed by atoms with E-state index in [1.807, 2.05) is 0 Å². The van der Waals surface area contributed by atoms with E-state index in [0.29, 0.717) is 10.2 Å². The smallest absolute Gasteiger partial charge is 0.354 e. The molecule has 0 aliphatic rings. The van der Waals surface area contributed by atoms with Gasteiger partial charge < -0.3 is 5.11 Å². The van der Waals surface area contributed by atoms with Gasteiger partial charge in [-0.2, -0.15) is 4.37 Å². The number of rotatable bonds is 4. The van der Waals surface area contributed by atoms with Crippen LogP contribution in [0.25, 0.3) is 0 Å². The van der Waals surface area contributed by atoms with Crippen LogP contribution in [0.2, 0.25) is 0 Å². The molecule has 2 heterocycles. The summed E-state index contributed by atoms with van der Waals surface area (Å²) in [5, 5.41) is 19.7. The van der Waals surface area contributed by atoms with E-state index >= 15 is 0 Å². The Kier molecular flexibility index (Phi) is 3.71. The van der Waals surface area contributed by atoms with Crippen molar-refractivity contribution < 1.29 is 14.8 Å². The van der Waals surface area contributed by atoms with Gasteiger partial charge in [-0.1, -0.05) is 0 Å². The lowest BCUT2D eigenvalue weighted by atomic mass is 10.3. The van der Waals surface area contributed by atoms with Crippen LogP contribution in [-0.2, 0) is 0 Å². The molecule has 19 heavy (non-hydrogen) atoms. The molecule has 0 saturated carbocycles. The van der Waals surface area contributed by atoms with Gasteiger partial charge in [0, 0.05) is 6.07 Å². The molecular weight excluding hydrogens is 292 g/mol. The van der Waals surface area contributed by atoms with E-state index in [0.717, 1.165) is 35.4 Å². The highest BCUT2D eigenvalue weighted by Gasteiger charge is 2.20. The summed E-state index contributed by atoms with van der Waals surface area (Å²) in [5.41, 5.74) is -0.516. The van der Waals surface area contributed by atoms with E-state index < -0.39 is 10.9 Å². The van der Waals surface area contributed by atoms with Gasteiger partial charge >= 0.3 is 11.7 Å². The number of hydrogen-bond acceptors (Lipinski definition) is 8. The largest absolute Gasteiger partial charge is 0.477 e. The number of nitrogens with zero attached hydrogens (tertiary/aromatic N) is 4. The third kappa shape index (κ3) is 3.03. The Labute approximate surface area is 114 Å². The van der Waals surface area contributed by atoms with Crippen molar-refractivity contribution in [2.75, 3.05) is 0 Å². The van der Waals surface area contributed by atoms with Gasteiger partial charge in [0.1, 0.15) is 11.5 Å². The zero-order valence-corrected chi connectivity index (χ0v) is 11.1. The van der Waals surface area contributed by atoms with Crippen LogP contribution < -0.4 is 0 Å². The Bertz CT molecular complexity index is 657. The molecule has 0 aliphatic carbocycles. The molecule has 0 radical (unpaired) electrons. The van der Waals surface area contributed by atoms with Crippen LogP contribution in [0.3, 0.4) is 0 Å². The number of carboxylic acids is 1. The predicted octanol–water partition coefficient (Wildman–Crippen LogP) is 2.00. The van der Waals surface area contributed by atoms with Crippen molar-refractivity contribution in [2.24, 2.45) is 0 Å². The number of aryl methyl sites for hydroxylation is 1. The number of pyridine rings is 1. The number of carboxylic acid groups (broad SMARTS) is 1. The maximum Gasteiger partial charge on any atom is 0.354 e. The Balaban J connectivity index is 2.42. The molecule has 2 aromatic heterocycles. The highest BCUT2D eigenvalue weighted by atomic mass is 32.2. The van der Waals surface area contributed by atoms with Crippen LogP contribution >= 0.6 is 23.3 Å². The van der Waals surface area contributed by atoms with Crippen LogP contribution in [0.1, 0.15) is 16.3 Å². The second kappa shape index (κ2) is 5.28. The first-order chi connectivity index (χ1) is 8.97. The number of aromatic carboxylic acids is 1. The molecule has 8 nitrogen and oxygen atoms in total. The summed E-state index contributed by atoms with van der Waals surface area (Å²) in [5.74, 6) is -0.699. The molecule has 10 heteroatoms. The summed E-state index contributed by atoms with van der Waals surface area (Å²) < 4.78 is 4.41. The Morgan fingerprint density at radius 3 is 2.74 bits per heavy atom. The number of nitro groups is 1. The lowest BCUT2D eigenvalue weighted by Gasteiger charge is -2.00. The lowest BCUT2D eigenvalue weighted by molar-refractivity contribution is -0.388. The predicted molar refractivity (Wildman–Crippen MR) is 66.6 cm³/mol. The molecule has 0 aliphatic heterocycles. The van der Waals surface area contributed by atoms with Gasteiger partial charge in [-0.15, -0.1) is 0 Å². The van der Waals surface area contributed by atoms with Crippen molar-refractivity contribution in [1.29, 1.82) is 0 Å². The normalized spacial score (nSPS) is 10.4. The minimum absolute atomic E-state index is 0.0129. The first kappa shape index (κ1) is 13.4. The molecular formula is C9H6N4O4S2. The summed E-state index contributed by atoms with van der Waals surface area (Å²) in [6.07, 6.45) is 0. The van der Waals surface area contributed by atoms with Crippen molar-refractivity contribution in [2.45, 2.75) is 16.3 Å². The minimum Gasteiger partial charge on any atom is -0.477 e. The topological polar surface area (TPSA) is 119 Å². The standard InChI is InChI=1S/C9H6N4O4S2/c1-4-10-9(19-12-4)18-7-6(13(16)17)3-2-5(11-7)8(14)15/h2-3H,1H3,(H,14,15). The fraction of sp³-hybridized carbons (Fsp3) is 0.111. The quantitative estimate of drug-likeness (QED) is 0.672. The monoisotopic (exact) mass is 298 g/mol. The van der Waals surface area contributed by atoms with Gasteiger partial charge in [0.2, 0.25) is 0 Å². The van der Waals surface area contributed by atoms with Gasteiger partial charge in [-0.3, -0.25) is 10.1 Å². The molecule has 0 fully saturated rings. The Hall–Kier alpha value is -2.07. The highest BCUT2D eigenvalue weighted by Crippen LogP contribution is 2.34. The molecule has 0 saturated heterocycles. The van der Waals surface area contributed by atoms with E-state index in [2.05, 4.69) is 14.3 Å². The van der Waals surface area contributed by atoms with E-state index in [9.17, 15) is 14.9 Å². The molecule has 2 aromatic rings. The van der Waals surface area contributed by atoms with E-state index in [1.54, 1.807) is 6.92 Å². The first-order valence-corrected chi connectivity index (χ1v) is 6.43. The second-order valence-corrected chi connectivity index (χ2v) is 5.28. The van der Waals surface area contributed by atoms with Crippen molar-refractivity contribution in [1.82, 2.24) is 14.3 Å². The summed E-state index contributed by atoms with van der Waals surface area (Å²) in [7, 11) is 0. The summed E-state index contributed by atoms with van der Waals surface area (Å²) >= 11 is 1.99. The average molecular weight is 298 g/mol. The maximum absolute atomic E-state index is 10.9. The number of carbonyl (C=O) groups is 1. The highest BCUT2D eigenvalue weighted by molar-refractivity contribution is 8.01. The fourth-order valence-corrected chi connectivity index (χ4v) is 2.82. The minimum atomic E-state index is -1.25. The Morgan fingerprint density at radius 2 is 2.21 bits per heavy atom. The zero-order chi connectivity index (χ0) is 14.0. The number of hydrogen-bond donors (Lipinski definition) is 1. The summed E-state index contributed by atoms with van der Waals surface area (Å²) in [6.45, 7) is 1.69. The van der Waals surface area contributed by atoms with E-state index in [1.165, 1.54) is 0 Å². The Morgan fingerprint density at radius 1 is 1.47 bits per heavy atom. The molecule has 2 rings (SSSR count). The van der Waals surface area contributed by atoms with Crippen LogP contribution in [0.5, 0.6) is 0 Å². The maximum atomic E-state index is 10.9. The van der Waals surface area contributed by atoms with E-state index in [-0.39, 0.29) is 16.4 Å². The lowest BCUT2D eigenvalue weighted by Crippen LogP contribution is -2.03. The molecule has 0 aromatic carbocycles. The van der Waals surface area contributed by atoms with Gasteiger partial charge in [-0.25, -0.2) is 14.8 Å². The third-order valence-electron chi connectivity index (χ3n) is 1.95. The third-order valence-corrected chi connectivity index (χ3v) is 3.79. The van der Waals surface area contributed by atoms with Crippen LogP contribution in [0.15, 0.2) is 21.5 Å². The molecule has 0 spiro atoms. The summed E-state index contributed by atoms with van der Waals surface area (Å²) in [6, 6.07) is 2.21. The van der Waals surface area contributed by atoms with E-state index in [4.69, 9.17) is 5.11 Å². The van der Waals surface area contributed by atoms with Crippen molar-refractivity contribution in [3.05, 3.63) is 33.8 Å². The fourth-order valence-electron chi connectivity index (χ4n) is 1.17. The molecule has 98 valence electrons. The average Bonchev–Trinajstić information content (AvgIpc) is 2.74. The number of aromatic nitrogens is 3. The van der Waals surface area contributed by atoms with Gasteiger partial charge in [-0.05, 0) is 36.3 Å². The molecule has 0 atom stereocenters. The zero-order valence-electron chi connectivity index (χ0n) is 9.43. The first-order valence-electron chi connectivity index (χ1n) is 4.84. The molecule has 0 bridgehead atoms. The molecule has 0 unspecified atom stereocenters. The van der Waals surface area contributed by atoms with Crippen LogP contribution in [0.4, 0.5) is 5.69 Å². The van der Waals surface area contributed by atoms with Crippen LogP contribution in [-0.4, -0.2) is 30.3 Å². The van der Waals surface area contributed by atoms with Gasteiger partial charge in [0.15, 0.2) is 9.37 Å². The van der Waals surface area contributed by atoms with Crippen molar-refractivity contribution in [3.8, 4) is 0 Å². The van der Waals surface area contributed by atoms with Gasteiger partial charge in [0.25, 0.3) is 0 Å². The molecule has 0 amide bonds.